The largest absolute Gasteiger partial charge is 0.497 e. The molecule has 2 aromatic rings. The van der Waals surface area contributed by atoms with Crippen LogP contribution in [0.2, 0.25) is 5.02 Å². The Morgan fingerprint density at radius 1 is 1.15 bits per heavy atom. The Kier molecular flexibility index (Phi) is 10.3. The van der Waals surface area contributed by atoms with Gasteiger partial charge in [-0.1, -0.05) is 23.7 Å². The quantitative estimate of drug-likeness (QED) is 0.348. The number of halogens is 1. The summed E-state index contributed by atoms with van der Waals surface area (Å²) < 4.78 is 22.5. The molecule has 9 nitrogen and oxygen atoms in total. The van der Waals surface area contributed by atoms with E-state index in [1.165, 1.54) is 0 Å². The third-order valence-corrected chi connectivity index (χ3v) is 8.43. The SMILES string of the molecule is COCCCCC(O)(c1cccc(Cl)c1-c1cc(OC)cc(OC)c1)C1CN(C(=O)C2CC(N)C(O)C2)CCO1. The van der Waals surface area contributed by atoms with E-state index in [1.807, 2.05) is 24.3 Å². The number of carbonyl (C=O) groups excluding carboxylic acids is 1. The number of nitrogens with two attached hydrogens (primary N) is 1. The van der Waals surface area contributed by atoms with Gasteiger partial charge in [0, 0.05) is 48.9 Å². The van der Waals surface area contributed by atoms with Crippen molar-refractivity contribution in [3.8, 4) is 22.6 Å². The molecule has 0 spiro atoms. The van der Waals surface area contributed by atoms with Gasteiger partial charge in [0.25, 0.3) is 0 Å². The molecular weight excluding hydrogens is 536 g/mol. The molecule has 4 rings (SSSR count). The Balaban J connectivity index is 1.73. The average molecular weight is 577 g/mol. The van der Waals surface area contributed by atoms with Gasteiger partial charge >= 0.3 is 0 Å². The molecule has 1 aliphatic heterocycles. The standard InChI is InChI=1S/C30H41ClN2O7/c1-37-11-5-4-9-30(36,27-18-33(10-12-40-27)29(35)20-15-25(32)26(34)16-20)23-7-6-8-24(31)28(23)19-13-21(38-2)17-22(14-19)39-3/h6-8,13-14,17,20,25-27,34,36H,4-5,9-12,15-16,18,32H2,1-3H3. The van der Waals surface area contributed by atoms with Crippen LogP contribution in [0.15, 0.2) is 36.4 Å². The van der Waals surface area contributed by atoms with Crippen molar-refractivity contribution in [3.63, 3.8) is 0 Å². The van der Waals surface area contributed by atoms with Crippen LogP contribution in [0.5, 0.6) is 11.5 Å². The van der Waals surface area contributed by atoms with Gasteiger partial charge in [-0.15, -0.1) is 0 Å². The average Bonchev–Trinajstić information content (AvgIpc) is 3.31. The second-order valence-corrected chi connectivity index (χ2v) is 11.1. The minimum absolute atomic E-state index is 0.0640. The fraction of sp³-hybridized carbons (Fsp3) is 0.567. The third-order valence-electron chi connectivity index (χ3n) is 8.11. The van der Waals surface area contributed by atoms with Crippen LogP contribution < -0.4 is 15.2 Å². The highest BCUT2D eigenvalue weighted by atomic mass is 35.5. The van der Waals surface area contributed by atoms with E-state index < -0.39 is 23.9 Å². The number of nitrogens with zero attached hydrogens (tertiary/aromatic N) is 1. The number of rotatable bonds is 11. The first-order valence-corrected chi connectivity index (χ1v) is 14.2. The Labute approximate surface area is 241 Å². The maximum Gasteiger partial charge on any atom is 0.226 e. The van der Waals surface area contributed by atoms with Gasteiger partial charge in [-0.2, -0.15) is 0 Å². The smallest absolute Gasteiger partial charge is 0.226 e. The molecule has 5 atom stereocenters. The summed E-state index contributed by atoms with van der Waals surface area (Å²) in [5.41, 5.74) is 6.49. The zero-order valence-corrected chi connectivity index (χ0v) is 24.2. The highest BCUT2D eigenvalue weighted by Crippen LogP contribution is 2.44. The molecular formula is C30H41ClN2O7. The molecule has 1 heterocycles. The normalized spacial score (nSPS) is 24.5. The topological polar surface area (TPSA) is 124 Å². The molecule has 2 aromatic carbocycles. The zero-order valence-electron chi connectivity index (χ0n) is 23.5. The van der Waals surface area contributed by atoms with Crippen LogP contribution >= 0.6 is 11.6 Å². The van der Waals surface area contributed by atoms with Crippen LogP contribution in [0.1, 0.15) is 37.7 Å². The molecule has 1 aliphatic carbocycles. The van der Waals surface area contributed by atoms with E-state index >= 15 is 0 Å². The number of amides is 1. The van der Waals surface area contributed by atoms with Crippen molar-refractivity contribution in [2.75, 3.05) is 47.6 Å². The van der Waals surface area contributed by atoms with Crippen LogP contribution in [0.3, 0.4) is 0 Å². The van der Waals surface area contributed by atoms with Gasteiger partial charge in [-0.3, -0.25) is 4.79 Å². The number of morpholine rings is 1. The Hall–Kier alpha value is -2.40. The van der Waals surface area contributed by atoms with Crippen molar-refractivity contribution in [1.29, 1.82) is 0 Å². The summed E-state index contributed by atoms with van der Waals surface area (Å²) in [6.07, 6.45) is 1.17. The first kappa shape index (κ1) is 30.6. The molecule has 40 heavy (non-hydrogen) atoms. The molecule has 1 amide bonds. The number of unbranched alkanes of at least 4 members (excludes halogenated alkanes) is 1. The third kappa shape index (κ3) is 6.56. The van der Waals surface area contributed by atoms with E-state index in [0.29, 0.717) is 66.5 Å². The van der Waals surface area contributed by atoms with Gasteiger partial charge in [0.2, 0.25) is 5.91 Å². The Morgan fingerprint density at radius 3 is 2.50 bits per heavy atom. The van der Waals surface area contributed by atoms with E-state index in [9.17, 15) is 15.0 Å². The monoisotopic (exact) mass is 576 g/mol. The van der Waals surface area contributed by atoms with Crippen molar-refractivity contribution in [3.05, 3.63) is 47.0 Å². The van der Waals surface area contributed by atoms with Crippen LogP contribution in [0, 0.1) is 5.92 Å². The lowest BCUT2D eigenvalue weighted by molar-refractivity contribution is -0.167. The van der Waals surface area contributed by atoms with Crippen LogP contribution in [-0.2, 0) is 19.9 Å². The van der Waals surface area contributed by atoms with Crippen LogP contribution in [0.4, 0.5) is 0 Å². The van der Waals surface area contributed by atoms with Gasteiger partial charge in [0.15, 0.2) is 0 Å². The first-order valence-electron chi connectivity index (χ1n) is 13.8. The lowest BCUT2D eigenvalue weighted by Crippen LogP contribution is -2.55. The zero-order chi connectivity index (χ0) is 28.9. The number of aliphatic hydroxyl groups is 2. The number of carbonyl (C=O) groups is 1. The maximum absolute atomic E-state index is 13.4. The number of benzene rings is 2. The van der Waals surface area contributed by atoms with Gasteiger partial charge in [0.1, 0.15) is 23.2 Å². The van der Waals surface area contributed by atoms with Gasteiger partial charge < -0.3 is 39.8 Å². The summed E-state index contributed by atoms with van der Waals surface area (Å²) in [5, 5.41) is 23.2. The molecule has 220 valence electrons. The summed E-state index contributed by atoms with van der Waals surface area (Å²) in [6, 6.07) is 10.5. The lowest BCUT2D eigenvalue weighted by Gasteiger charge is -2.44. The minimum Gasteiger partial charge on any atom is -0.497 e. The predicted octanol–water partition coefficient (Wildman–Crippen LogP) is 3.35. The number of hydrogen-bond acceptors (Lipinski definition) is 8. The highest BCUT2D eigenvalue weighted by molar-refractivity contribution is 6.33. The van der Waals surface area contributed by atoms with Gasteiger partial charge in [-0.05, 0) is 61.4 Å². The van der Waals surface area contributed by atoms with Gasteiger partial charge in [-0.25, -0.2) is 0 Å². The van der Waals surface area contributed by atoms with E-state index in [0.717, 1.165) is 12.0 Å². The van der Waals surface area contributed by atoms with Crippen molar-refractivity contribution >= 4 is 17.5 Å². The second kappa shape index (κ2) is 13.5. The molecule has 0 bridgehead atoms. The lowest BCUT2D eigenvalue weighted by atomic mass is 9.78. The fourth-order valence-electron chi connectivity index (χ4n) is 5.89. The number of ether oxygens (including phenoxy) is 4. The van der Waals surface area contributed by atoms with Gasteiger partial charge in [0.05, 0.1) is 33.5 Å². The van der Waals surface area contributed by atoms with Crippen LogP contribution in [0.25, 0.3) is 11.1 Å². The van der Waals surface area contributed by atoms with E-state index in [-0.39, 0.29) is 25.0 Å². The predicted molar refractivity (Wildman–Crippen MR) is 153 cm³/mol. The molecule has 1 saturated heterocycles. The molecule has 2 fully saturated rings. The van der Waals surface area contributed by atoms with Crippen molar-refractivity contribution < 1.29 is 34.0 Å². The molecule has 2 aliphatic rings. The fourth-order valence-corrected chi connectivity index (χ4v) is 6.17. The first-order chi connectivity index (χ1) is 19.2. The summed E-state index contributed by atoms with van der Waals surface area (Å²) in [7, 11) is 4.81. The maximum atomic E-state index is 13.4. The van der Waals surface area contributed by atoms with E-state index in [1.54, 1.807) is 38.4 Å². The van der Waals surface area contributed by atoms with E-state index in [2.05, 4.69) is 0 Å². The van der Waals surface area contributed by atoms with Crippen molar-refractivity contribution in [2.45, 2.75) is 56.0 Å². The summed E-state index contributed by atoms with van der Waals surface area (Å²) in [5.74, 6) is 0.772. The summed E-state index contributed by atoms with van der Waals surface area (Å²) >= 11 is 6.82. The Morgan fingerprint density at radius 2 is 1.88 bits per heavy atom. The number of aliphatic hydroxyl groups excluding tert-OH is 1. The minimum atomic E-state index is -1.48. The van der Waals surface area contributed by atoms with Crippen LogP contribution in [-0.4, -0.2) is 86.9 Å². The molecule has 4 N–H and O–H groups in total. The molecule has 0 radical (unpaired) electrons. The Bertz CT molecular complexity index is 1130. The summed E-state index contributed by atoms with van der Waals surface area (Å²) in [4.78, 5) is 15.2. The molecule has 1 saturated carbocycles. The molecule has 0 aromatic heterocycles. The van der Waals surface area contributed by atoms with Crippen molar-refractivity contribution in [1.82, 2.24) is 4.90 Å². The number of methoxy groups -OCH3 is 3. The van der Waals surface area contributed by atoms with E-state index in [4.69, 9.17) is 36.3 Å². The second-order valence-electron chi connectivity index (χ2n) is 10.7. The molecule has 10 heteroatoms. The highest BCUT2D eigenvalue weighted by Gasteiger charge is 2.45. The number of hydrogen-bond donors (Lipinski definition) is 3. The molecule has 5 unspecified atom stereocenters. The summed E-state index contributed by atoms with van der Waals surface area (Å²) in [6.45, 7) is 1.45. The van der Waals surface area contributed by atoms with Crippen molar-refractivity contribution in [2.24, 2.45) is 11.7 Å².